The third-order valence-electron chi connectivity index (χ3n) is 12.0. The SMILES string of the molecule is CC(OC1=NC(c2noc3c2CCCC32CCc3ccc(N)c(N)c32)NC(N2CCC(C3=CN(C4CCOCC4)NN3)=N2)=C1)C1CCCN1C. The molecule has 4 unspecified atom stereocenters. The highest BCUT2D eigenvalue weighted by molar-refractivity contribution is 6.00. The number of hydrazine groups is 2. The number of allylic oxidation sites excluding steroid dienone is 1. The Morgan fingerprint density at radius 2 is 1.94 bits per heavy atom. The fourth-order valence-electron chi connectivity index (χ4n) is 9.33. The predicted molar refractivity (Wildman–Crippen MR) is 190 cm³/mol. The number of aryl methyl sites for hydroxylation is 1. The van der Waals surface area contributed by atoms with Crippen LogP contribution in [0.5, 0.6) is 0 Å². The minimum atomic E-state index is -0.492. The number of nitrogens with two attached hydrogens (primary N) is 2. The second kappa shape index (κ2) is 12.5. The number of hydrogen-bond donors (Lipinski definition) is 5. The van der Waals surface area contributed by atoms with Gasteiger partial charge in [0.1, 0.15) is 17.6 Å². The molecule has 2 saturated heterocycles. The Kier molecular flexibility index (Phi) is 7.92. The highest BCUT2D eigenvalue weighted by Gasteiger charge is 2.49. The lowest BCUT2D eigenvalue weighted by Gasteiger charge is -2.34. The van der Waals surface area contributed by atoms with Gasteiger partial charge in [0.05, 0.1) is 34.2 Å². The average Bonchev–Trinajstić information content (AvgIpc) is 3.97. The molecule has 7 aliphatic rings. The van der Waals surface area contributed by atoms with Crippen LogP contribution in [-0.4, -0.2) is 83.2 Å². The molecule has 14 heteroatoms. The minimum absolute atomic E-state index is 0.0249. The summed E-state index contributed by atoms with van der Waals surface area (Å²) in [6.07, 6.45) is 13.4. The van der Waals surface area contributed by atoms with Crippen molar-refractivity contribution in [2.75, 3.05) is 44.8 Å². The summed E-state index contributed by atoms with van der Waals surface area (Å²) in [6, 6.07) is 4.78. The van der Waals surface area contributed by atoms with E-state index < -0.39 is 6.17 Å². The number of likely N-dealkylation sites (tertiary alicyclic amines) is 1. The number of aromatic nitrogens is 1. The van der Waals surface area contributed by atoms with E-state index in [0.29, 0.717) is 29.4 Å². The van der Waals surface area contributed by atoms with Gasteiger partial charge in [0.2, 0.25) is 5.90 Å². The third kappa shape index (κ3) is 5.30. The van der Waals surface area contributed by atoms with Gasteiger partial charge in [-0.1, -0.05) is 11.2 Å². The number of nitrogens with one attached hydrogen (secondary N) is 3. The van der Waals surface area contributed by atoms with Gasteiger partial charge in [-0.05, 0) is 95.5 Å². The van der Waals surface area contributed by atoms with E-state index >= 15 is 0 Å². The second-order valence-electron chi connectivity index (χ2n) is 14.9. The fraction of sp³-hybridized carbons (Fsp3) is 0.583. The number of ether oxygens (including phenoxy) is 2. The smallest absolute Gasteiger partial charge is 0.215 e. The van der Waals surface area contributed by atoms with Crippen molar-refractivity contribution < 1.29 is 14.0 Å². The summed E-state index contributed by atoms with van der Waals surface area (Å²) in [6.45, 7) is 5.53. The van der Waals surface area contributed by atoms with E-state index in [-0.39, 0.29) is 11.5 Å². The zero-order valence-electron chi connectivity index (χ0n) is 29.1. The summed E-state index contributed by atoms with van der Waals surface area (Å²) in [5.74, 6) is 2.32. The summed E-state index contributed by atoms with van der Waals surface area (Å²) in [4.78, 5) is 7.52. The van der Waals surface area contributed by atoms with Gasteiger partial charge in [-0.3, -0.25) is 9.91 Å². The molecule has 266 valence electrons. The molecule has 7 N–H and O–H groups in total. The van der Waals surface area contributed by atoms with Gasteiger partial charge in [0.25, 0.3) is 0 Å². The largest absolute Gasteiger partial charge is 0.473 e. The first kappa shape index (κ1) is 31.7. The number of nitrogens with zero attached hydrogens (tertiary/aromatic N) is 6. The maximum absolute atomic E-state index is 6.68. The molecule has 0 bridgehead atoms. The molecule has 1 aromatic carbocycles. The molecule has 2 aliphatic carbocycles. The van der Waals surface area contributed by atoms with Crippen LogP contribution in [-0.2, 0) is 27.7 Å². The molecule has 14 nitrogen and oxygen atoms in total. The van der Waals surface area contributed by atoms with E-state index in [4.69, 9.17) is 40.7 Å². The van der Waals surface area contributed by atoms with Gasteiger partial charge in [-0.2, -0.15) is 5.10 Å². The Bertz CT molecular complexity index is 1780. The molecule has 0 amide bonds. The molecule has 0 radical (unpaired) electrons. The quantitative estimate of drug-likeness (QED) is 0.283. The molecule has 2 fully saturated rings. The lowest BCUT2D eigenvalue weighted by Crippen LogP contribution is -2.45. The maximum atomic E-state index is 6.68. The van der Waals surface area contributed by atoms with Gasteiger partial charge in [0, 0.05) is 50.1 Å². The molecule has 4 atom stereocenters. The molecule has 50 heavy (non-hydrogen) atoms. The Balaban J connectivity index is 1.02. The van der Waals surface area contributed by atoms with Crippen LogP contribution in [0.15, 0.2) is 50.5 Å². The van der Waals surface area contributed by atoms with Gasteiger partial charge in [0.15, 0.2) is 11.9 Å². The number of anilines is 2. The van der Waals surface area contributed by atoms with Crippen LogP contribution in [0.3, 0.4) is 0 Å². The highest BCUT2D eigenvalue weighted by atomic mass is 16.5. The lowest BCUT2D eigenvalue weighted by molar-refractivity contribution is 0.0348. The predicted octanol–water partition coefficient (Wildman–Crippen LogP) is 3.16. The van der Waals surface area contributed by atoms with Crippen LogP contribution in [0.4, 0.5) is 11.4 Å². The first-order valence-electron chi connectivity index (χ1n) is 18.4. The first-order chi connectivity index (χ1) is 24.4. The third-order valence-corrected chi connectivity index (χ3v) is 12.0. The van der Waals surface area contributed by atoms with Crippen LogP contribution in [0.1, 0.15) is 92.6 Å². The zero-order chi connectivity index (χ0) is 34.0. The summed E-state index contributed by atoms with van der Waals surface area (Å²) in [5.41, 5.74) is 26.9. The summed E-state index contributed by atoms with van der Waals surface area (Å²) in [7, 11) is 2.18. The molecule has 5 aliphatic heterocycles. The van der Waals surface area contributed by atoms with Crippen molar-refractivity contribution in [3.05, 3.63) is 64.1 Å². The van der Waals surface area contributed by atoms with Crippen LogP contribution in [0, 0.1) is 0 Å². The average molecular weight is 684 g/mol. The van der Waals surface area contributed by atoms with Crippen molar-refractivity contribution >= 4 is 23.0 Å². The minimum Gasteiger partial charge on any atom is -0.473 e. The van der Waals surface area contributed by atoms with Gasteiger partial charge < -0.3 is 36.2 Å². The van der Waals surface area contributed by atoms with E-state index in [9.17, 15) is 0 Å². The van der Waals surface area contributed by atoms with Crippen molar-refractivity contribution in [1.29, 1.82) is 0 Å². The lowest BCUT2D eigenvalue weighted by atomic mass is 9.69. The summed E-state index contributed by atoms with van der Waals surface area (Å²) >= 11 is 0. The molecule has 1 aromatic heterocycles. The maximum Gasteiger partial charge on any atom is 0.215 e. The Morgan fingerprint density at radius 1 is 1.06 bits per heavy atom. The number of nitrogen functional groups attached to an aromatic ring is 2. The monoisotopic (exact) mass is 683 g/mol. The zero-order valence-corrected chi connectivity index (χ0v) is 29.1. The molecular formula is C36H49N11O3. The normalized spacial score (nSPS) is 28.8. The molecule has 9 rings (SSSR count). The van der Waals surface area contributed by atoms with Crippen molar-refractivity contribution in [3.63, 3.8) is 0 Å². The van der Waals surface area contributed by atoms with E-state index in [0.717, 1.165) is 124 Å². The van der Waals surface area contributed by atoms with Crippen LogP contribution in [0.2, 0.25) is 0 Å². The molecule has 2 aromatic rings. The van der Waals surface area contributed by atoms with E-state index in [2.05, 4.69) is 52.4 Å². The number of rotatable bonds is 6. The highest BCUT2D eigenvalue weighted by Crippen LogP contribution is 2.55. The van der Waals surface area contributed by atoms with Crippen molar-refractivity contribution in [2.45, 2.75) is 101 Å². The summed E-state index contributed by atoms with van der Waals surface area (Å²) < 4.78 is 18.6. The van der Waals surface area contributed by atoms with Crippen LogP contribution in [0.25, 0.3) is 0 Å². The molecule has 0 saturated carbocycles. The number of hydrazone groups is 1. The van der Waals surface area contributed by atoms with E-state index in [1.54, 1.807) is 0 Å². The molecule has 6 heterocycles. The Hall–Kier alpha value is -4.27. The fourth-order valence-corrected chi connectivity index (χ4v) is 9.33. The first-order valence-corrected chi connectivity index (χ1v) is 18.4. The number of likely N-dealkylation sites (N-methyl/N-ethyl adjacent to an activating group) is 1. The second-order valence-corrected chi connectivity index (χ2v) is 14.9. The van der Waals surface area contributed by atoms with Crippen molar-refractivity contribution in [1.82, 2.24) is 36.4 Å². The number of hydrogen-bond acceptors (Lipinski definition) is 14. The van der Waals surface area contributed by atoms with Crippen LogP contribution < -0.4 is 27.7 Å². The number of benzene rings is 1. The Labute approximate surface area is 292 Å². The summed E-state index contributed by atoms with van der Waals surface area (Å²) in [5, 5.41) is 17.7. The standard InChI is InChI=1S/C36H49N11O3/c1-21(28-6-4-15-45(28)2)49-30-19-29(46-16-10-26(42-46)27-20-47(44-41-27)23-11-17-48-18-12-23)39-35(40-30)33-24-5-3-13-36(34(24)50-43-33)14-9-22-7-8-25(37)32(38)31(22)36/h7-8,19-21,23,28,35,39,41,44H,3-6,9-18,37-38H2,1-2H3. The molecule has 1 spiro atoms. The van der Waals surface area contributed by atoms with Crippen molar-refractivity contribution in [2.24, 2.45) is 10.1 Å². The van der Waals surface area contributed by atoms with Gasteiger partial charge >= 0.3 is 0 Å². The molecular weight excluding hydrogens is 634 g/mol. The number of aliphatic imine (C=N–C) groups is 1. The van der Waals surface area contributed by atoms with Crippen LogP contribution >= 0.6 is 0 Å². The van der Waals surface area contributed by atoms with Gasteiger partial charge in [-0.15, -0.1) is 5.53 Å². The van der Waals surface area contributed by atoms with Gasteiger partial charge in [-0.25, -0.2) is 10.0 Å². The Morgan fingerprint density at radius 3 is 2.78 bits per heavy atom. The van der Waals surface area contributed by atoms with E-state index in [1.807, 2.05) is 17.2 Å². The van der Waals surface area contributed by atoms with E-state index in [1.165, 1.54) is 12.0 Å². The van der Waals surface area contributed by atoms with Crippen molar-refractivity contribution in [3.8, 4) is 0 Å². The topological polar surface area (TPSA) is 167 Å². The number of fused-ring (bicyclic) bond motifs is 4.